The molecule has 0 radical (unpaired) electrons. The summed E-state index contributed by atoms with van der Waals surface area (Å²) >= 11 is 0. The number of hydrogen-bond acceptors (Lipinski definition) is 2. The first kappa shape index (κ1) is 18.7. The molecule has 0 aromatic heterocycles. The topological polar surface area (TPSA) is 29.5 Å². The fourth-order valence-corrected chi connectivity index (χ4v) is 4.28. The molecule has 1 aromatic rings. The van der Waals surface area contributed by atoms with E-state index in [-0.39, 0.29) is 17.5 Å². The van der Waals surface area contributed by atoms with E-state index in [1.54, 1.807) is 32.1 Å². The summed E-state index contributed by atoms with van der Waals surface area (Å²) in [4.78, 5) is 14.8. The van der Waals surface area contributed by atoms with Gasteiger partial charge in [0.25, 0.3) is 11.5 Å². The van der Waals surface area contributed by atoms with Gasteiger partial charge in [-0.15, -0.1) is 0 Å². The lowest BCUT2D eigenvalue weighted by molar-refractivity contribution is -0.272. The third-order valence-corrected chi connectivity index (χ3v) is 5.60. The van der Waals surface area contributed by atoms with Crippen molar-refractivity contribution in [3.63, 3.8) is 0 Å². The Kier molecular flexibility index (Phi) is 4.51. The lowest BCUT2D eigenvalue weighted by Gasteiger charge is -2.44. The van der Waals surface area contributed by atoms with Crippen molar-refractivity contribution in [3.8, 4) is 0 Å². The number of nitrogens with zero attached hydrogens (tertiary/aromatic N) is 1. The van der Waals surface area contributed by atoms with Gasteiger partial charge in [-0.3, -0.25) is 4.79 Å². The van der Waals surface area contributed by atoms with E-state index >= 15 is 0 Å². The smallest absolute Gasteiger partial charge is 0.356 e. The highest BCUT2D eigenvalue weighted by Crippen LogP contribution is 2.49. The van der Waals surface area contributed by atoms with Gasteiger partial charge in [-0.25, -0.2) is 0 Å². The van der Waals surface area contributed by atoms with Crippen LogP contribution in [0.4, 0.5) is 13.2 Å². The van der Waals surface area contributed by atoms with E-state index in [0.717, 1.165) is 7.11 Å². The molecule has 1 heterocycles. The molecule has 6 heteroatoms. The number of likely N-dealkylation sites (tertiary alicyclic amines) is 1. The first-order valence-electron chi connectivity index (χ1n) is 8.55. The maximum atomic E-state index is 14.2. The van der Waals surface area contributed by atoms with Crippen LogP contribution in [0.5, 0.6) is 0 Å². The van der Waals surface area contributed by atoms with Crippen LogP contribution in [-0.4, -0.2) is 35.7 Å². The Hall–Kier alpha value is -2.08. The molecule has 1 aliphatic carbocycles. The lowest BCUT2D eigenvalue weighted by atomic mass is 9.82. The number of methoxy groups -OCH3 is 1. The van der Waals surface area contributed by atoms with Gasteiger partial charge in [-0.05, 0) is 20.3 Å². The summed E-state index contributed by atoms with van der Waals surface area (Å²) in [5.74, 6) is -1.10. The van der Waals surface area contributed by atoms with Crippen molar-refractivity contribution >= 4 is 5.91 Å². The molecule has 0 N–H and O–H groups in total. The molecular weight excluding hydrogens is 343 g/mol. The first-order chi connectivity index (χ1) is 12.2. The number of halogens is 3. The highest BCUT2D eigenvalue weighted by atomic mass is 19.4. The molecule has 0 unspecified atom stereocenters. The van der Waals surface area contributed by atoms with Crippen LogP contribution < -0.4 is 0 Å². The molecule has 1 aromatic carbocycles. The van der Waals surface area contributed by atoms with Crippen molar-refractivity contribution < 1.29 is 22.7 Å². The summed E-state index contributed by atoms with van der Waals surface area (Å²) in [5.41, 5.74) is -4.06. The number of carbonyl (C=O) groups is 1. The predicted octanol–water partition coefficient (Wildman–Crippen LogP) is 4.21. The van der Waals surface area contributed by atoms with Gasteiger partial charge in [0.2, 0.25) is 0 Å². The number of allylic oxidation sites excluding steroid dienone is 2. The number of fused-ring (bicyclic) bond motifs is 1. The molecule has 3 nitrogen and oxygen atoms in total. The number of carbonyl (C=O) groups excluding carboxylic acids is 1. The van der Waals surface area contributed by atoms with Crippen molar-refractivity contribution in [1.82, 2.24) is 4.90 Å². The molecule has 0 bridgehead atoms. The minimum atomic E-state index is -4.90. The summed E-state index contributed by atoms with van der Waals surface area (Å²) in [7, 11) is 0.940. The zero-order chi connectivity index (χ0) is 19.2. The maximum absolute atomic E-state index is 14.2. The number of rotatable bonds is 3. The first-order valence-corrected chi connectivity index (χ1v) is 8.55. The van der Waals surface area contributed by atoms with Gasteiger partial charge in [0, 0.05) is 24.6 Å². The molecule has 1 saturated heterocycles. The standard InChI is InChI=1S/C20H22F3NO2/c1-14-13-16-11-7-8-12-18(16,2)24(14)17(25)19(26-3,20(21,22)23)15-9-5-4-6-10-15/h4-12,14,16H,13H2,1-3H3/t14-,16-,18-,19-/m1/s1. The molecule has 3 rings (SSSR count). The molecule has 0 spiro atoms. The summed E-state index contributed by atoms with van der Waals surface area (Å²) < 4.78 is 47.7. The van der Waals surface area contributed by atoms with Crippen LogP contribution in [0.3, 0.4) is 0 Å². The highest BCUT2D eigenvalue weighted by molar-refractivity contribution is 5.89. The Morgan fingerprint density at radius 1 is 1.23 bits per heavy atom. The Morgan fingerprint density at radius 3 is 2.46 bits per heavy atom. The van der Waals surface area contributed by atoms with Gasteiger partial charge in [-0.1, -0.05) is 54.6 Å². The van der Waals surface area contributed by atoms with Crippen LogP contribution in [0.1, 0.15) is 25.8 Å². The zero-order valence-corrected chi connectivity index (χ0v) is 15.0. The molecule has 1 aliphatic heterocycles. The Bertz CT molecular complexity index is 743. The van der Waals surface area contributed by atoms with E-state index in [4.69, 9.17) is 4.74 Å². The number of ether oxygens (including phenoxy) is 1. The average Bonchev–Trinajstić information content (AvgIpc) is 2.85. The molecule has 1 fully saturated rings. The summed E-state index contributed by atoms with van der Waals surface area (Å²) in [6.45, 7) is 3.59. The normalized spacial score (nSPS) is 30.2. The summed E-state index contributed by atoms with van der Waals surface area (Å²) in [5, 5.41) is 0. The van der Waals surface area contributed by atoms with E-state index in [1.807, 2.05) is 12.2 Å². The van der Waals surface area contributed by atoms with Crippen LogP contribution in [0, 0.1) is 5.92 Å². The number of benzene rings is 1. The van der Waals surface area contributed by atoms with E-state index in [0.29, 0.717) is 6.42 Å². The van der Waals surface area contributed by atoms with Gasteiger partial charge >= 0.3 is 6.18 Å². The quantitative estimate of drug-likeness (QED) is 0.803. The summed E-state index contributed by atoms with van der Waals surface area (Å²) in [6.07, 6.45) is 3.12. The van der Waals surface area contributed by atoms with Crippen molar-refractivity contribution in [2.75, 3.05) is 7.11 Å². The fraction of sp³-hybridized carbons (Fsp3) is 0.450. The Morgan fingerprint density at radius 2 is 1.88 bits per heavy atom. The second-order valence-corrected chi connectivity index (χ2v) is 7.09. The molecule has 2 aliphatic rings. The fourth-order valence-electron chi connectivity index (χ4n) is 4.28. The van der Waals surface area contributed by atoms with Crippen LogP contribution in [-0.2, 0) is 15.1 Å². The number of alkyl halides is 3. The Balaban J connectivity index is 2.15. The van der Waals surface area contributed by atoms with E-state index in [2.05, 4.69) is 0 Å². The number of hydrogen-bond donors (Lipinski definition) is 0. The van der Waals surface area contributed by atoms with Crippen molar-refractivity contribution in [2.45, 2.75) is 43.6 Å². The van der Waals surface area contributed by atoms with Crippen LogP contribution >= 0.6 is 0 Å². The summed E-state index contributed by atoms with van der Waals surface area (Å²) in [6, 6.07) is 6.78. The van der Waals surface area contributed by atoms with Crippen molar-refractivity contribution in [2.24, 2.45) is 5.92 Å². The van der Waals surface area contributed by atoms with Crippen LogP contribution in [0.15, 0.2) is 54.6 Å². The van der Waals surface area contributed by atoms with Gasteiger partial charge in [0.1, 0.15) is 0 Å². The monoisotopic (exact) mass is 365 g/mol. The maximum Gasteiger partial charge on any atom is 0.430 e. The molecule has 1 amide bonds. The van der Waals surface area contributed by atoms with Gasteiger partial charge in [-0.2, -0.15) is 13.2 Å². The van der Waals surface area contributed by atoms with Gasteiger partial charge < -0.3 is 9.64 Å². The van der Waals surface area contributed by atoms with Crippen molar-refractivity contribution in [1.29, 1.82) is 0 Å². The van der Waals surface area contributed by atoms with E-state index in [9.17, 15) is 18.0 Å². The number of amides is 1. The highest BCUT2D eigenvalue weighted by Gasteiger charge is 2.66. The second-order valence-electron chi connectivity index (χ2n) is 7.09. The van der Waals surface area contributed by atoms with Gasteiger partial charge in [0.15, 0.2) is 0 Å². The zero-order valence-electron chi connectivity index (χ0n) is 15.0. The minimum absolute atomic E-state index is 0.0231. The molecule has 0 saturated carbocycles. The van der Waals surface area contributed by atoms with Crippen molar-refractivity contribution in [3.05, 3.63) is 60.2 Å². The molecule has 140 valence electrons. The molecule has 26 heavy (non-hydrogen) atoms. The lowest BCUT2D eigenvalue weighted by Crippen LogP contribution is -2.62. The average molecular weight is 365 g/mol. The van der Waals surface area contributed by atoms with E-state index in [1.165, 1.54) is 29.2 Å². The Labute approximate surface area is 151 Å². The molecule has 4 atom stereocenters. The van der Waals surface area contributed by atoms with Crippen LogP contribution in [0.25, 0.3) is 0 Å². The predicted molar refractivity (Wildman–Crippen MR) is 92.3 cm³/mol. The largest absolute Gasteiger partial charge is 0.430 e. The van der Waals surface area contributed by atoms with Crippen LogP contribution in [0.2, 0.25) is 0 Å². The minimum Gasteiger partial charge on any atom is -0.356 e. The second kappa shape index (κ2) is 6.27. The van der Waals surface area contributed by atoms with Gasteiger partial charge in [0.05, 0.1) is 5.54 Å². The SMILES string of the molecule is CO[C@@](C(=O)N1[C@H](C)C[C@H]2C=CC=C[C@]21C)(c1ccccc1)C(F)(F)F. The third kappa shape index (κ3) is 2.50. The van der Waals surface area contributed by atoms with E-state index < -0.39 is 23.2 Å². The third-order valence-electron chi connectivity index (χ3n) is 5.60. The molecular formula is C20H22F3NO2.